The quantitative estimate of drug-likeness (QED) is 0.725. The first-order valence-corrected chi connectivity index (χ1v) is 7.29. The SMILES string of the molecule is CNC(C)c1cc(F)ccc1Sc1ncnc2nc[nH]c12. The van der Waals surface area contributed by atoms with E-state index in [-0.39, 0.29) is 11.9 Å². The molecule has 108 valence electrons. The maximum absolute atomic E-state index is 13.5. The van der Waals surface area contributed by atoms with Crippen molar-refractivity contribution in [1.82, 2.24) is 25.3 Å². The number of H-pyrrole nitrogens is 1. The highest BCUT2D eigenvalue weighted by molar-refractivity contribution is 7.99. The number of nitrogens with one attached hydrogen (secondary N) is 2. The Labute approximate surface area is 125 Å². The van der Waals surface area contributed by atoms with Crippen LogP contribution in [0.3, 0.4) is 0 Å². The number of aromatic nitrogens is 4. The van der Waals surface area contributed by atoms with Gasteiger partial charge in [0.1, 0.15) is 22.7 Å². The van der Waals surface area contributed by atoms with Gasteiger partial charge >= 0.3 is 0 Å². The second kappa shape index (κ2) is 5.79. The molecule has 2 N–H and O–H groups in total. The number of imidazole rings is 1. The van der Waals surface area contributed by atoms with Crippen molar-refractivity contribution in [2.24, 2.45) is 0 Å². The van der Waals surface area contributed by atoms with E-state index in [9.17, 15) is 4.39 Å². The van der Waals surface area contributed by atoms with Crippen LogP contribution in [0.4, 0.5) is 4.39 Å². The minimum atomic E-state index is -0.245. The van der Waals surface area contributed by atoms with Crippen molar-refractivity contribution in [3.63, 3.8) is 0 Å². The molecule has 0 saturated heterocycles. The number of rotatable bonds is 4. The number of halogens is 1. The lowest BCUT2D eigenvalue weighted by Gasteiger charge is -2.15. The lowest BCUT2D eigenvalue weighted by molar-refractivity contribution is 0.601. The van der Waals surface area contributed by atoms with E-state index >= 15 is 0 Å². The fourth-order valence-corrected chi connectivity index (χ4v) is 3.08. The summed E-state index contributed by atoms with van der Waals surface area (Å²) in [6.45, 7) is 1.99. The van der Waals surface area contributed by atoms with Crippen LogP contribution in [-0.2, 0) is 0 Å². The van der Waals surface area contributed by atoms with Crippen LogP contribution in [0.25, 0.3) is 11.2 Å². The zero-order chi connectivity index (χ0) is 14.8. The monoisotopic (exact) mass is 303 g/mol. The van der Waals surface area contributed by atoms with Gasteiger partial charge in [-0.25, -0.2) is 19.3 Å². The molecule has 0 saturated carbocycles. The third kappa shape index (κ3) is 2.74. The van der Waals surface area contributed by atoms with E-state index in [0.29, 0.717) is 5.65 Å². The number of hydrogen-bond donors (Lipinski definition) is 2. The topological polar surface area (TPSA) is 66.5 Å². The maximum atomic E-state index is 13.5. The van der Waals surface area contributed by atoms with Crippen molar-refractivity contribution in [3.8, 4) is 0 Å². The molecule has 0 bridgehead atoms. The molecule has 0 spiro atoms. The van der Waals surface area contributed by atoms with Gasteiger partial charge < -0.3 is 10.3 Å². The van der Waals surface area contributed by atoms with Gasteiger partial charge in [0.05, 0.1) is 6.33 Å². The Morgan fingerprint density at radius 1 is 1.29 bits per heavy atom. The Morgan fingerprint density at radius 2 is 2.14 bits per heavy atom. The van der Waals surface area contributed by atoms with E-state index in [4.69, 9.17) is 0 Å². The van der Waals surface area contributed by atoms with Crippen molar-refractivity contribution in [2.45, 2.75) is 22.9 Å². The van der Waals surface area contributed by atoms with E-state index < -0.39 is 0 Å². The van der Waals surface area contributed by atoms with Crippen LogP contribution in [0.1, 0.15) is 18.5 Å². The van der Waals surface area contributed by atoms with E-state index in [1.54, 1.807) is 18.5 Å². The second-order valence-corrected chi connectivity index (χ2v) is 5.61. The van der Waals surface area contributed by atoms with Crippen LogP contribution in [-0.4, -0.2) is 27.0 Å². The molecule has 1 unspecified atom stereocenters. The molecule has 0 radical (unpaired) electrons. The largest absolute Gasteiger partial charge is 0.341 e. The van der Waals surface area contributed by atoms with E-state index in [1.807, 2.05) is 14.0 Å². The summed E-state index contributed by atoms with van der Waals surface area (Å²) in [5, 5.41) is 3.91. The Balaban J connectivity index is 2.03. The Hall–Kier alpha value is -1.99. The lowest BCUT2D eigenvalue weighted by Crippen LogP contribution is -2.13. The van der Waals surface area contributed by atoms with Gasteiger partial charge in [0.15, 0.2) is 5.65 Å². The second-order valence-electron chi connectivity index (χ2n) is 4.57. The fourth-order valence-electron chi connectivity index (χ4n) is 2.03. The molecule has 5 nitrogen and oxygen atoms in total. The lowest BCUT2D eigenvalue weighted by atomic mass is 10.1. The van der Waals surface area contributed by atoms with Crippen molar-refractivity contribution in [2.75, 3.05) is 7.05 Å². The predicted molar refractivity (Wildman–Crippen MR) is 79.7 cm³/mol. The van der Waals surface area contributed by atoms with E-state index in [1.165, 1.54) is 24.2 Å². The average molecular weight is 303 g/mol. The molecule has 3 aromatic rings. The zero-order valence-corrected chi connectivity index (χ0v) is 12.4. The summed E-state index contributed by atoms with van der Waals surface area (Å²) in [7, 11) is 1.85. The summed E-state index contributed by atoms with van der Waals surface area (Å²) < 4.78 is 13.5. The standard InChI is InChI=1S/C14H14FN5S/c1-8(16-2)10-5-9(15)3-4-11(10)21-14-12-13(18-6-17-12)19-7-20-14/h3-8,16H,1-2H3,(H,17,18,19,20). The minimum Gasteiger partial charge on any atom is -0.341 e. The third-order valence-corrected chi connectivity index (χ3v) is 4.36. The normalized spacial score (nSPS) is 12.7. The fraction of sp³-hybridized carbons (Fsp3) is 0.214. The van der Waals surface area contributed by atoms with Crippen LogP contribution in [0, 0.1) is 5.82 Å². The number of hydrogen-bond acceptors (Lipinski definition) is 5. The first-order valence-electron chi connectivity index (χ1n) is 6.47. The molecule has 0 amide bonds. The number of fused-ring (bicyclic) bond motifs is 1. The molecule has 1 atom stereocenters. The first kappa shape index (κ1) is 14.0. The van der Waals surface area contributed by atoms with Gasteiger partial charge in [0.25, 0.3) is 0 Å². The van der Waals surface area contributed by atoms with Gasteiger partial charge in [-0.2, -0.15) is 0 Å². The van der Waals surface area contributed by atoms with Gasteiger partial charge in [-0.15, -0.1) is 0 Å². The molecule has 1 aromatic carbocycles. The Bertz CT molecular complexity index is 773. The van der Waals surface area contributed by atoms with Crippen molar-refractivity contribution < 1.29 is 4.39 Å². The molecule has 2 aromatic heterocycles. The summed E-state index contributed by atoms with van der Waals surface area (Å²) in [5.41, 5.74) is 2.31. The maximum Gasteiger partial charge on any atom is 0.181 e. The van der Waals surface area contributed by atoms with Crippen LogP contribution in [0.5, 0.6) is 0 Å². The van der Waals surface area contributed by atoms with Gasteiger partial charge in [-0.3, -0.25) is 0 Å². The van der Waals surface area contributed by atoms with Crippen molar-refractivity contribution in [1.29, 1.82) is 0 Å². The number of nitrogens with zero attached hydrogens (tertiary/aromatic N) is 3. The van der Waals surface area contributed by atoms with Gasteiger partial charge in [0.2, 0.25) is 0 Å². The van der Waals surface area contributed by atoms with Gasteiger partial charge in [0, 0.05) is 10.9 Å². The van der Waals surface area contributed by atoms with Crippen molar-refractivity contribution >= 4 is 22.9 Å². The third-order valence-electron chi connectivity index (χ3n) is 3.27. The molecule has 0 fully saturated rings. The Kier molecular flexibility index (Phi) is 3.85. The Morgan fingerprint density at radius 3 is 2.95 bits per heavy atom. The smallest absolute Gasteiger partial charge is 0.181 e. The van der Waals surface area contributed by atoms with Gasteiger partial charge in [-0.05, 0) is 37.7 Å². The van der Waals surface area contributed by atoms with Crippen LogP contribution in [0.15, 0.2) is 40.8 Å². The number of benzene rings is 1. The summed E-state index contributed by atoms with van der Waals surface area (Å²) in [6, 6.07) is 4.82. The highest BCUT2D eigenvalue weighted by atomic mass is 32.2. The van der Waals surface area contributed by atoms with Crippen LogP contribution >= 0.6 is 11.8 Å². The summed E-state index contributed by atoms with van der Waals surface area (Å²) >= 11 is 1.47. The summed E-state index contributed by atoms with van der Waals surface area (Å²) in [5.74, 6) is -0.245. The molecule has 0 aliphatic rings. The first-order chi connectivity index (χ1) is 10.2. The van der Waals surface area contributed by atoms with E-state index in [0.717, 1.165) is 21.0 Å². The van der Waals surface area contributed by atoms with E-state index in [2.05, 4.69) is 25.3 Å². The molecule has 7 heteroatoms. The summed E-state index contributed by atoms with van der Waals surface area (Å²) in [6.07, 6.45) is 3.07. The molecule has 2 heterocycles. The summed E-state index contributed by atoms with van der Waals surface area (Å²) in [4.78, 5) is 16.5. The molecule has 3 rings (SSSR count). The van der Waals surface area contributed by atoms with Crippen LogP contribution in [0.2, 0.25) is 0 Å². The zero-order valence-electron chi connectivity index (χ0n) is 11.6. The van der Waals surface area contributed by atoms with Crippen molar-refractivity contribution in [3.05, 3.63) is 42.2 Å². The van der Waals surface area contributed by atoms with Gasteiger partial charge in [-0.1, -0.05) is 11.8 Å². The highest BCUT2D eigenvalue weighted by Gasteiger charge is 2.14. The number of aromatic amines is 1. The highest BCUT2D eigenvalue weighted by Crippen LogP contribution is 2.34. The minimum absolute atomic E-state index is 0.0438. The molecule has 21 heavy (non-hydrogen) atoms. The predicted octanol–water partition coefficient (Wildman–Crippen LogP) is 2.92. The molecular weight excluding hydrogens is 289 g/mol. The molecule has 0 aliphatic carbocycles. The van der Waals surface area contributed by atoms with Crippen LogP contribution < -0.4 is 5.32 Å². The average Bonchev–Trinajstić information content (AvgIpc) is 2.97. The molecule has 0 aliphatic heterocycles. The molecular formula is C14H14FN5S.